The van der Waals surface area contributed by atoms with Gasteiger partial charge in [-0.2, -0.15) is 0 Å². The smallest absolute Gasteiger partial charge is 0.328 e. The molecule has 1 aromatic rings. The van der Waals surface area contributed by atoms with Crippen LogP contribution in [0.3, 0.4) is 0 Å². The lowest BCUT2D eigenvalue weighted by Crippen LogP contribution is -1.84. The first kappa shape index (κ1) is 9.19. The van der Waals surface area contributed by atoms with Crippen LogP contribution < -0.4 is 0 Å². The molecule has 0 saturated heterocycles. The molecule has 0 saturated carbocycles. The van der Waals surface area contributed by atoms with Gasteiger partial charge in [0.05, 0.1) is 5.69 Å². The molecule has 13 heavy (non-hydrogen) atoms. The van der Waals surface area contributed by atoms with Crippen LogP contribution in [0.2, 0.25) is 0 Å². The summed E-state index contributed by atoms with van der Waals surface area (Å²) >= 11 is 0. The highest BCUT2D eigenvalue weighted by atomic mass is 16.4. The molecule has 66 valence electrons. The fourth-order valence-electron chi connectivity index (χ4n) is 0.767. The zero-order chi connectivity index (χ0) is 9.52. The Morgan fingerprint density at radius 3 is 2.85 bits per heavy atom. The summed E-state index contributed by atoms with van der Waals surface area (Å²) in [6.45, 7) is 0. The van der Waals surface area contributed by atoms with Crippen molar-refractivity contribution in [2.24, 2.45) is 0 Å². The van der Waals surface area contributed by atoms with Crippen molar-refractivity contribution in [3.63, 3.8) is 0 Å². The summed E-state index contributed by atoms with van der Waals surface area (Å²) in [4.78, 5) is 14.1. The first-order valence-electron chi connectivity index (χ1n) is 3.78. The van der Waals surface area contributed by atoms with Gasteiger partial charge in [-0.05, 0) is 18.2 Å². The van der Waals surface area contributed by atoms with E-state index in [0.717, 1.165) is 11.8 Å². The Kier molecular flexibility index (Phi) is 3.45. The van der Waals surface area contributed by atoms with E-state index in [1.54, 1.807) is 18.3 Å². The van der Waals surface area contributed by atoms with Crippen LogP contribution in [0.4, 0.5) is 0 Å². The number of rotatable bonds is 3. The molecule has 0 bridgehead atoms. The monoisotopic (exact) mass is 175 g/mol. The van der Waals surface area contributed by atoms with Gasteiger partial charge < -0.3 is 5.11 Å². The standard InChI is InChI=1S/C10H9NO2/c12-10(13)7-2-1-5-9-6-3-4-8-11-9/h1-8H,(H,12,13)/b5-1+,7-2+. The molecule has 0 atom stereocenters. The fourth-order valence-corrected chi connectivity index (χ4v) is 0.767. The molecule has 0 aliphatic carbocycles. The summed E-state index contributed by atoms with van der Waals surface area (Å²) in [5.74, 6) is -0.953. The maximum absolute atomic E-state index is 10.1. The molecule has 0 aromatic carbocycles. The number of carboxylic acids is 1. The Balaban J connectivity index is 2.55. The van der Waals surface area contributed by atoms with Gasteiger partial charge >= 0.3 is 5.97 Å². The molecule has 1 rings (SSSR count). The lowest BCUT2D eigenvalue weighted by Gasteiger charge is -1.87. The zero-order valence-electron chi connectivity index (χ0n) is 6.92. The van der Waals surface area contributed by atoms with Crippen LogP contribution in [0.15, 0.2) is 42.6 Å². The number of nitrogens with zero attached hydrogens (tertiary/aromatic N) is 1. The predicted molar refractivity (Wildman–Crippen MR) is 50.0 cm³/mol. The Morgan fingerprint density at radius 1 is 1.38 bits per heavy atom. The zero-order valence-corrected chi connectivity index (χ0v) is 6.92. The molecular formula is C10H9NO2. The van der Waals surface area contributed by atoms with Crippen molar-refractivity contribution >= 4 is 12.0 Å². The van der Waals surface area contributed by atoms with Crippen LogP contribution in [0, 0.1) is 0 Å². The van der Waals surface area contributed by atoms with Crippen molar-refractivity contribution in [3.8, 4) is 0 Å². The third-order valence-corrected chi connectivity index (χ3v) is 1.30. The highest BCUT2D eigenvalue weighted by Gasteiger charge is 1.83. The number of allylic oxidation sites excluding steroid dienone is 2. The van der Waals surface area contributed by atoms with Crippen LogP contribution in [-0.4, -0.2) is 16.1 Å². The Hall–Kier alpha value is -1.90. The number of pyridine rings is 1. The van der Waals surface area contributed by atoms with E-state index in [0.29, 0.717) is 0 Å². The Morgan fingerprint density at radius 2 is 2.23 bits per heavy atom. The minimum absolute atomic E-state index is 0.803. The molecule has 1 aromatic heterocycles. The van der Waals surface area contributed by atoms with Gasteiger partial charge in [0.15, 0.2) is 0 Å². The second-order valence-corrected chi connectivity index (χ2v) is 2.31. The fraction of sp³-hybridized carbons (Fsp3) is 0. The van der Waals surface area contributed by atoms with Crippen LogP contribution in [0.5, 0.6) is 0 Å². The SMILES string of the molecule is O=C(O)/C=C/C=C/c1ccccn1. The van der Waals surface area contributed by atoms with E-state index in [1.165, 1.54) is 6.08 Å². The molecule has 0 unspecified atom stereocenters. The Bertz CT molecular complexity index is 328. The normalized spacial score (nSPS) is 11.1. The minimum Gasteiger partial charge on any atom is -0.478 e. The lowest BCUT2D eigenvalue weighted by atomic mass is 10.3. The number of aromatic nitrogens is 1. The molecule has 3 nitrogen and oxygen atoms in total. The topological polar surface area (TPSA) is 50.2 Å². The molecule has 0 amide bonds. The van der Waals surface area contributed by atoms with E-state index in [1.807, 2.05) is 18.2 Å². The second kappa shape index (κ2) is 4.87. The number of carbonyl (C=O) groups is 1. The van der Waals surface area contributed by atoms with Crippen molar-refractivity contribution in [3.05, 3.63) is 48.3 Å². The van der Waals surface area contributed by atoms with Gasteiger partial charge in [-0.25, -0.2) is 4.79 Å². The van der Waals surface area contributed by atoms with E-state index in [2.05, 4.69) is 4.98 Å². The summed E-state index contributed by atoms with van der Waals surface area (Å²) < 4.78 is 0. The average molecular weight is 175 g/mol. The van der Waals surface area contributed by atoms with Gasteiger partial charge in [-0.15, -0.1) is 0 Å². The van der Waals surface area contributed by atoms with Gasteiger partial charge in [-0.3, -0.25) is 4.98 Å². The molecule has 3 heteroatoms. The molecule has 0 radical (unpaired) electrons. The van der Waals surface area contributed by atoms with Crippen molar-refractivity contribution < 1.29 is 9.90 Å². The van der Waals surface area contributed by atoms with Gasteiger partial charge in [0, 0.05) is 12.3 Å². The van der Waals surface area contributed by atoms with Crippen molar-refractivity contribution in [2.75, 3.05) is 0 Å². The molecular weight excluding hydrogens is 166 g/mol. The van der Waals surface area contributed by atoms with Crippen LogP contribution in [0.1, 0.15) is 5.69 Å². The summed E-state index contributed by atoms with van der Waals surface area (Å²) in [5.41, 5.74) is 0.803. The van der Waals surface area contributed by atoms with Crippen molar-refractivity contribution in [2.45, 2.75) is 0 Å². The predicted octanol–water partition coefficient (Wildman–Crippen LogP) is 1.74. The summed E-state index contributed by atoms with van der Waals surface area (Å²) in [7, 11) is 0. The van der Waals surface area contributed by atoms with E-state index in [4.69, 9.17) is 5.11 Å². The Labute approximate surface area is 76.1 Å². The number of hydrogen-bond acceptors (Lipinski definition) is 2. The highest BCUT2D eigenvalue weighted by Crippen LogP contribution is 1.95. The molecule has 1 N–H and O–H groups in total. The van der Waals surface area contributed by atoms with E-state index < -0.39 is 5.97 Å². The van der Waals surface area contributed by atoms with Crippen molar-refractivity contribution in [1.82, 2.24) is 4.98 Å². The quantitative estimate of drug-likeness (QED) is 0.562. The molecule has 0 aliphatic rings. The van der Waals surface area contributed by atoms with Crippen molar-refractivity contribution in [1.29, 1.82) is 0 Å². The number of aliphatic carboxylic acids is 1. The first-order valence-corrected chi connectivity index (χ1v) is 3.78. The second-order valence-electron chi connectivity index (χ2n) is 2.31. The van der Waals surface area contributed by atoms with Crippen LogP contribution in [-0.2, 0) is 4.79 Å². The first-order chi connectivity index (χ1) is 6.29. The number of carboxylic acid groups (broad SMARTS) is 1. The van der Waals surface area contributed by atoms with Gasteiger partial charge in [0.25, 0.3) is 0 Å². The maximum atomic E-state index is 10.1. The molecule has 0 spiro atoms. The maximum Gasteiger partial charge on any atom is 0.328 e. The third-order valence-electron chi connectivity index (χ3n) is 1.30. The summed E-state index contributed by atoms with van der Waals surface area (Å²) in [6.07, 6.45) is 7.58. The number of hydrogen-bond donors (Lipinski definition) is 1. The van der Waals surface area contributed by atoms with Gasteiger partial charge in [0.1, 0.15) is 0 Å². The lowest BCUT2D eigenvalue weighted by molar-refractivity contribution is -0.131. The average Bonchev–Trinajstić information content (AvgIpc) is 2.14. The summed E-state index contributed by atoms with van der Waals surface area (Å²) in [5, 5.41) is 8.27. The van der Waals surface area contributed by atoms with E-state index in [-0.39, 0.29) is 0 Å². The van der Waals surface area contributed by atoms with Gasteiger partial charge in [-0.1, -0.05) is 18.2 Å². The third kappa shape index (κ3) is 3.86. The molecule has 0 fully saturated rings. The minimum atomic E-state index is -0.953. The van der Waals surface area contributed by atoms with E-state index >= 15 is 0 Å². The van der Waals surface area contributed by atoms with E-state index in [9.17, 15) is 4.79 Å². The summed E-state index contributed by atoms with van der Waals surface area (Å²) in [6, 6.07) is 5.53. The molecule has 0 aliphatic heterocycles. The van der Waals surface area contributed by atoms with Crippen LogP contribution >= 0.6 is 0 Å². The largest absolute Gasteiger partial charge is 0.478 e. The van der Waals surface area contributed by atoms with Crippen LogP contribution in [0.25, 0.3) is 6.08 Å². The highest BCUT2D eigenvalue weighted by molar-refractivity contribution is 5.80. The van der Waals surface area contributed by atoms with Gasteiger partial charge in [0.2, 0.25) is 0 Å². The molecule has 1 heterocycles.